The van der Waals surface area contributed by atoms with E-state index in [1.165, 1.54) is 29.0 Å². The Hall–Kier alpha value is -2.86. The van der Waals surface area contributed by atoms with Crippen LogP contribution in [0.4, 0.5) is 11.5 Å². The second-order valence-corrected chi connectivity index (χ2v) is 5.87. The van der Waals surface area contributed by atoms with Crippen molar-refractivity contribution in [2.24, 2.45) is 0 Å². The van der Waals surface area contributed by atoms with Gasteiger partial charge in [-0.15, -0.1) is 0 Å². The van der Waals surface area contributed by atoms with E-state index in [1.54, 1.807) is 0 Å². The molecule has 25 heavy (non-hydrogen) atoms. The maximum atomic E-state index is 12.6. The van der Waals surface area contributed by atoms with Gasteiger partial charge in [0.2, 0.25) is 0 Å². The average Bonchev–Trinajstić information content (AvgIpc) is 3.08. The number of aryl methyl sites for hydroxylation is 2. The molecule has 0 saturated carbocycles. The van der Waals surface area contributed by atoms with E-state index in [2.05, 4.69) is 35.6 Å². The summed E-state index contributed by atoms with van der Waals surface area (Å²) in [5, 5.41) is 12.8. The van der Waals surface area contributed by atoms with E-state index in [9.17, 15) is 9.90 Å². The topological polar surface area (TPSA) is 76.4 Å². The summed E-state index contributed by atoms with van der Waals surface area (Å²) >= 11 is 0. The summed E-state index contributed by atoms with van der Waals surface area (Å²) in [7, 11) is 1.45. The highest BCUT2D eigenvalue weighted by Crippen LogP contribution is 2.27. The molecule has 1 aromatic carbocycles. The molecule has 1 aromatic heterocycles. The van der Waals surface area contributed by atoms with E-state index in [-0.39, 0.29) is 23.0 Å². The third-order valence-electron chi connectivity index (χ3n) is 4.41. The number of methoxy groups -OCH3 is 1. The highest BCUT2D eigenvalue weighted by Gasteiger charge is 2.18. The van der Waals surface area contributed by atoms with E-state index in [0.29, 0.717) is 0 Å². The summed E-state index contributed by atoms with van der Waals surface area (Å²) in [5.41, 5.74) is 3.23. The van der Waals surface area contributed by atoms with Gasteiger partial charge < -0.3 is 15.2 Å². The number of rotatable bonds is 6. The Bertz CT molecular complexity index is 900. The monoisotopic (exact) mass is 339 g/mol. The van der Waals surface area contributed by atoms with Crippen LogP contribution in [0.15, 0.2) is 36.2 Å². The number of ether oxygens (including phenoxy) is 1. The molecule has 2 N–H and O–H groups in total. The average molecular weight is 339 g/mol. The molecule has 0 fully saturated rings. The Morgan fingerprint density at radius 2 is 2.20 bits per heavy atom. The Morgan fingerprint density at radius 1 is 1.44 bits per heavy atom. The number of hydrogen-bond acceptors (Lipinski definition) is 5. The Labute approximate surface area is 146 Å². The lowest BCUT2D eigenvalue weighted by Crippen LogP contribution is -2.26. The predicted octanol–water partition coefficient (Wildman–Crippen LogP) is 2.69. The minimum absolute atomic E-state index is 0.160. The van der Waals surface area contributed by atoms with Gasteiger partial charge in [-0.2, -0.15) is 0 Å². The molecule has 0 saturated heterocycles. The third kappa shape index (κ3) is 3.08. The van der Waals surface area contributed by atoms with Crippen molar-refractivity contribution in [3.63, 3.8) is 0 Å². The first-order valence-electron chi connectivity index (χ1n) is 8.10. The molecule has 130 valence electrons. The molecule has 6 heteroatoms. The summed E-state index contributed by atoms with van der Waals surface area (Å²) in [6.07, 6.45) is 4.64. The highest BCUT2D eigenvalue weighted by molar-refractivity contribution is 5.64. The van der Waals surface area contributed by atoms with Crippen molar-refractivity contribution < 1.29 is 9.84 Å². The molecule has 3 rings (SSSR count). The number of aliphatic hydroxyl groups excluding tert-OH is 1. The Kier molecular flexibility index (Phi) is 4.72. The molecule has 0 amide bonds. The number of nitrogens with one attached hydrogen (secondary N) is 1. The molecule has 0 spiro atoms. The van der Waals surface area contributed by atoms with Gasteiger partial charge in [-0.25, -0.2) is 4.98 Å². The van der Waals surface area contributed by atoms with Crippen LogP contribution in [0.3, 0.4) is 0 Å². The quantitative estimate of drug-likeness (QED) is 0.792. The molecule has 0 bridgehead atoms. The minimum Gasteiger partial charge on any atom is -0.493 e. The lowest BCUT2D eigenvalue weighted by Gasteiger charge is -2.16. The summed E-state index contributed by atoms with van der Waals surface area (Å²) in [4.78, 5) is 17.1. The molecule has 1 aliphatic carbocycles. The first kappa shape index (κ1) is 17.0. The number of benzene rings is 1. The van der Waals surface area contributed by atoms with Crippen LogP contribution in [0, 0.1) is 0 Å². The van der Waals surface area contributed by atoms with Crippen molar-refractivity contribution in [3.05, 3.63) is 64.2 Å². The number of hydrogen-bond donors (Lipinski definition) is 2. The molecule has 0 radical (unpaired) electrons. The van der Waals surface area contributed by atoms with Gasteiger partial charge in [0.15, 0.2) is 11.6 Å². The number of aromatic nitrogens is 2. The maximum Gasteiger partial charge on any atom is 0.265 e. The van der Waals surface area contributed by atoms with Crippen molar-refractivity contribution in [2.45, 2.75) is 25.9 Å². The molecule has 6 nitrogen and oxygen atoms in total. The fourth-order valence-electron chi connectivity index (χ4n) is 3.06. The number of anilines is 2. The molecular weight excluding hydrogens is 318 g/mol. The van der Waals surface area contributed by atoms with E-state index in [0.717, 1.165) is 24.9 Å². The smallest absolute Gasteiger partial charge is 0.265 e. The fraction of sp³-hybridized carbons (Fsp3) is 0.263. The molecule has 0 unspecified atom stereocenters. The van der Waals surface area contributed by atoms with Gasteiger partial charge in [0.1, 0.15) is 5.82 Å². The van der Waals surface area contributed by atoms with E-state index >= 15 is 0 Å². The number of fused-ring (bicyclic) bond motifs is 1. The van der Waals surface area contributed by atoms with Crippen LogP contribution in [0.5, 0.6) is 0 Å². The maximum absolute atomic E-state index is 12.6. The first-order chi connectivity index (χ1) is 12.1. The lowest BCUT2D eigenvalue weighted by molar-refractivity contribution is 0.279. The summed E-state index contributed by atoms with van der Waals surface area (Å²) in [6, 6.07) is 6.11. The van der Waals surface area contributed by atoms with Crippen LogP contribution in [0.1, 0.15) is 28.9 Å². The third-order valence-corrected chi connectivity index (χ3v) is 4.41. The van der Waals surface area contributed by atoms with Gasteiger partial charge in [-0.3, -0.25) is 9.36 Å². The van der Waals surface area contributed by atoms with Crippen molar-refractivity contribution in [1.82, 2.24) is 9.55 Å². The van der Waals surface area contributed by atoms with Gasteiger partial charge in [-0.05, 0) is 42.5 Å². The lowest BCUT2D eigenvalue weighted by atomic mass is 10.1. The van der Waals surface area contributed by atoms with Gasteiger partial charge in [0, 0.05) is 11.9 Å². The van der Waals surface area contributed by atoms with Crippen LogP contribution in [-0.4, -0.2) is 21.8 Å². The summed E-state index contributed by atoms with van der Waals surface area (Å²) < 4.78 is 6.33. The van der Waals surface area contributed by atoms with Crippen molar-refractivity contribution in [3.8, 4) is 0 Å². The second-order valence-electron chi connectivity index (χ2n) is 5.87. The highest BCUT2D eigenvalue weighted by atomic mass is 16.5. The van der Waals surface area contributed by atoms with Crippen LogP contribution >= 0.6 is 0 Å². The molecular formula is C19H21N3O3. The normalized spacial score (nSPS) is 12.6. The van der Waals surface area contributed by atoms with Gasteiger partial charge in [-0.1, -0.05) is 19.2 Å². The van der Waals surface area contributed by atoms with Crippen LogP contribution in [-0.2, 0) is 24.2 Å². The zero-order valence-electron chi connectivity index (χ0n) is 14.2. The fourth-order valence-corrected chi connectivity index (χ4v) is 3.06. The zero-order valence-corrected chi connectivity index (χ0v) is 14.2. The number of nitrogens with zero attached hydrogens (tertiary/aromatic N) is 2. The SMILES string of the molecule is C=Cn1c(C(=C)OC)nc(Nc2ccc3c(c2)CCC3)c(CO)c1=O. The predicted molar refractivity (Wildman–Crippen MR) is 98.6 cm³/mol. The summed E-state index contributed by atoms with van der Waals surface area (Å²) in [6.45, 7) is 6.95. The van der Waals surface area contributed by atoms with Crippen molar-refractivity contribution in [2.75, 3.05) is 12.4 Å². The molecule has 0 atom stereocenters. The van der Waals surface area contributed by atoms with E-state index < -0.39 is 12.2 Å². The van der Waals surface area contributed by atoms with Crippen LogP contribution < -0.4 is 10.9 Å². The second kappa shape index (κ2) is 6.94. The van der Waals surface area contributed by atoms with Gasteiger partial charge in [0.05, 0.1) is 19.3 Å². The standard InChI is InChI=1S/C19H21N3O3/c1-4-22-18(12(2)25-3)21-17(16(11-23)19(22)24)20-15-9-8-13-6-5-7-14(13)10-15/h4,8-10,20,23H,1-2,5-7,11H2,3H3. The summed E-state index contributed by atoms with van der Waals surface area (Å²) in [5.74, 6) is 0.763. The van der Waals surface area contributed by atoms with Gasteiger partial charge >= 0.3 is 0 Å². The molecule has 1 aliphatic rings. The first-order valence-corrected chi connectivity index (χ1v) is 8.10. The molecule has 0 aliphatic heterocycles. The van der Waals surface area contributed by atoms with E-state index in [1.807, 2.05) is 6.07 Å². The largest absolute Gasteiger partial charge is 0.493 e. The number of aliphatic hydroxyl groups is 1. The molecule has 1 heterocycles. The van der Waals surface area contributed by atoms with Gasteiger partial charge in [0.25, 0.3) is 5.56 Å². The Balaban J connectivity index is 2.08. The van der Waals surface area contributed by atoms with Crippen molar-refractivity contribution >= 4 is 23.5 Å². The Morgan fingerprint density at radius 3 is 2.88 bits per heavy atom. The minimum atomic E-state index is -0.438. The zero-order chi connectivity index (χ0) is 18.0. The molecule has 2 aromatic rings. The van der Waals surface area contributed by atoms with Crippen molar-refractivity contribution in [1.29, 1.82) is 0 Å². The van der Waals surface area contributed by atoms with Crippen LogP contribution in [0.2, 0.25) is 0 Å². The van der Waals surface area contributed by atoms with Crippen LogP contribution in [0.25, 0.3) is 12.0 Å². The van der Waals surface area contributed by atoms with E-state index in [4.69, 9.17) is 4.74 Å².